The Morgan fingerprint density at radius 1 is 1.13 bits per heavy atom. The third-order valence-corrected chi connectivity index (χ3v) is 6.76. The van der Waals surface area contributed by atoms with E-state index in [9.17, 15) is 14.7 Å². The summed E-state index contributed by atoms with van der Waals surface area (Å²) in [5.74, 6) is 0.983. The van der Waals surface area contributed by atoms with E-state index in [4.69, 9.17) is 5.41 Å². The van der Waals surface area contributed by atoms with E-state index < -0.39 is 5.41 Å². The fourth-order valence-electron chi connectivity index (χ4n) is 4.73. The number of nitrogens with zero attached hydrogens (tertiary/aromatic N) is 2. The molecule has 2 aromatic carbocycles. The third kappa shape index (κ3) is 4.07. The van der Waals surface area contributed by atoms with Crippen LogP contribution in [0.5, 0.6) is 5.75 Å². The molecule has 0 aliphatic carbocycles. The highest BCUT2D eigenvalue weighted by Crippen LogP contribution is 2.39. The number of rotatable bonds is 4. The van der Waals surface area contributed by atoms with Crippen LogP contribution in [-0.2, 0) is 15.0 Å². The van der Waals surface area contributed by atoms with Crippen molar-refractivity contribution in [3.8, 4) is 16.9 Å². The number of amidine groups is 1. The van der Waals surface area contributed by atoms with Crippen LogP contribution in [0.1, 0.15) is 38.7 Å². The lowest BCUT2D eigenvalue weighted by atomic mass is 9.80. The molecule has 2 amide bonds. The highest BCUT2D eigenvalue weighted by atomic mass is 16.3. The van der Waals surface area contributed by atoms with Gasteiger partial charge in [0.25, 0.3) is 0 Å². The van der Waals surface area contributed by atoms with Gasteiger partial charge >= 0.3 is 0 Å². The first-order chi connectivity index (χ1) is 14.8. The molecule has 2 fully saturated rings. The van der Waals surface area contributed by atoms with Crippen molar-refractivity contribution < 1.29 is 14.7 Å². The van der Waals surface area contributed by atoms with Gasteiger partial charge in [-0.3, -0.25) is 19.9 Å². The van der Waals surface area contributed by atoms with Crippen LogP contribution in [-0.4, -0.2) is 52.2 Å². The normalized spacial score (nSPS) is 22.3. The average Bonchev–Trinajstić information content (AvgIpc) is 2.99. The van der Waals surface area contributed by atoms with Crippen molar-refractivity contribution in [1.29, 1.82) is 5.41 Å². The lowest BCUT2D eigenvalue weighted by molar-refractivity contribution is -0.133. The maximum atomic E-state index is 13.5. The molecule has 0 aromatic heterocycles. The molecule has 2 aromatic rings. The Labute approximate surface area is 183 Å². The number of aromatic hydroxyl groups is 1. The van der Waals surface area contributed by atoms with Gasteiger partial charge in [0.15, 0.2) is 0 Å². The second kappa shape index (κ2) is 8.17. The highest BCUT2D eigenvalue weighted by Gasteiger charge is 2.48. The summed E-state index contributed by atoms with van der Waals surface area (Å²) < 4.78 is 0. The summed E-state index contributed by atoms with van der Waals surface area (Å²) >= 11 is 0. The molecule has 4 rings (SSSR count). The molecule has 162 valence electrons. The molecule has 31 heavy (non-hydrogen) atoms. The summed E-state index contributed by atoms with van der Waals surface area (Å²) in [6.45, 7) is 5.52. The molecule has 0 spiro atoms. The molecule has 2 heterocycles. The number of carbonyl (C=O) groups excluding carboxylic acids is 2. The minimum atomic E-state index is -0.760. The molecule has 6 nitrogen and oxygen atoms in total. The van der Waals surface area contributed by atoms with E-state index in [0.717, 1.165) is 42.6 Å². The van der Waals surface area contributed by atoms with Crippen LogP contribution < -0.4 is 0 Å². The van der Waals surface area contributed by atoms with E-state index in [1.54, 1.807) is 24.0 Å². The molecule has 2 aliphatic rings. The number of nitrogens with one attached hydrogen (secondary N) is 1. The third-order valence-electron chi connectivity index (χ3n) is 6.76. The van der Waals surface area contributed by atoms with Gasteiger partial charge in [0.1, 0.15) is 11.6 Å². The van der Waals surface area contributed by atoms with Gasteiger partial charge < -0.3 is 10.0 Å². The van der Waals surface area contributed by atoms with Crippen molar-refractivity contribution in [2.24, 2.45) is 5.92 Å². The van der Waals surface area contributed by atoms with E-state index >= 15 is 0 Å². The highest BCUT2D eigenvalue weighted by molar-refractivity contribution is 6.10. The van der Waals surface area contributed by atoms with Crippen molar-refractivity contribution in [3.63, 3.8) is 0 Å². The number of hydrogen-bond acceptors (Lipinski definition) is 4. The predicted octanol–water partition coefficient (Wildman–Crippen LogP) is 3.78. The second-order valence-corrected chi connectivity index (χ2v) is 8.95. The maximum Gasteiger partial charge on any atom is 0.238 e. The quantitative estimate of drug-likeness (QED) is 0.791. The van der Waals surface area contributed by atoms with Crippen LogP contribution in [0, 0.1) is 11.3 Å². The lowest BCUT2D eigenvalue weighted by Gasteiger charge is -2.33. The first-order valence-electron chi connectivity index (χ1n) is 10.8. The molecule has 1 atom stereocenters. The zero-order chi connectivity index (χ0) is 22.2. The van der Waals surface area contributed by atoms with Crippen molar-refractivity contribution in [2.45, 2.75) is 38.5 Å². The summed E-state index contributed by atoms with van der Waals surface area (Å²) in [6, 6.07) is 14.9. The number of carbonyl (C=O) groups is 2. The molecule has 2 N–H and O–H groups in total. The van der Waals surface area contributed by atoms with Crippen LogP contribution in [0.3, 0.4) is 0 Å². The van der Waals surface area contributed by atoms with Crippen molar-refractivity contribution in [3.05, 3.63) is 54.1 Å². The number of piperidine rings is 1. The molecule has 2 saturated heterocycles. The van der Waals surface area contributed by atoms with Crippen LogP contribution in [0.4, 0.5) is 0 Å². The number of hydrogen-bond donors (Lipinski definition) is 2. The minimum absolute atomic E-state index is 0.0191. The van der Waals surface area contributed by atoms with E-state index in [-0.39, 0.29) is 17.6 Å². The van der Waals surface area contributed by atoms with Gasteiger partial charge in [-0.1, -0.05) is 36.4 Å². The smallest absolute Gasteiger partial charge is 0.238 e. The zero-order valence-electron chi connectivity index (χ0n) is 18.1. The van der Waals surface area contributed by atoms with Crippen LogP contribution in [0.25, 0.3) is 11.1 Å². The van der Waals surface area contributed by atoms with Gasteiger partial charge in [-0.25, -0.2) is 0 Å². The fraction of sp³-hybridized carbons (Fsp3) is 0.400. The Morgan fingerprint density at radius 2 is 1.81 bits per heavy atom. The molecule has 0 radical (unpaired) electrons. The van der Waals surface area contributed by atoms with Gasteiger partial charge in [-0.15, -0.1) is 0 Å². The maximum absolute atomic E-state index is 13.5. The lowest BCUT2D eigenvalue weighted by Crippen LogP contribution is -2.43. The van der Waals surface area contributed by atoms with E-state index in [1.165, 1.54) is 0 Å². The Bertz CT molecular complexity index is 1010. The Balaban J connectivity index is 1.52. The molecule has 0 saturated carbocycles. The van der Waals surface area contributed by atoms with Crippen LogP contribution in [0.2, 0.25) is 0 Å². The number of likely N-dealkylation sites (tertiary alicyclic amines) is 2. The van der Waals surface area contributed by atoms with Gasteiger partial charge in [-0.2, -0.15) is 0 Å². The van der Waals surface area contributed by atoms with Crippen LogP contribution in [0.15, 0.2) is 48.5 Å². The SMILES string of the molecule is CC(=O)N1CCC(CN2C(=N)CC(C)(c3cccc(-c4ccc(O)cc4)c3)C2=O)CC1. The summed E-state index contributed by atoms with van der Waals surface area (Å²) in [5, 5.41) is 18.1. The summed E-state index contributed by atoms with van der Waals surface area (Å²) in [4.78, 5) is 28.5. The van der Waals surface area contributed by atoms with E-state index in [0.29, 0.717) is 24.7 Å². The molecule has 2 aliphatic heterocycles. The second-order valence-electron chi connectivity index (χ2n) is 8.95. The van der Waals surface area contributed by atoms with Crippen molar-refractivity contribution in [1.82, 2.24) is 9.80 Å². The van der Waals surface area contributed by atoms with E-state index in [1.807, 2.05) is 48.2 Å². The predicted molar refractivity (Wildman–Crippen MR) is 120 cm³/mol. The summed E-state index contributed by atoms with van der Waals surface area (Å²) in [6.07, 6.45) is 2.12. The fourth-order valence-corrected chi connectivity index (χ4v) is 4.73. The Morgan fingerprint density at radius 3 is 2.45 bits per heavy atom. The van der Waals surface area contributed by atoms with Gasteiger partial charge in [0, 0.05) is 33.0 Å². The first-order valence-corrected chi connectivity index (χ1v) is 10.8. The summed E-state index contributed by atoms with van der Waals surface area (Å²) in [5.41, 5.74) is 2.09. The molecule has 0 bridgehead atoms. The molecule has 6 heteroatoms. The molecular weight excluding hydrogens is 390 g/mol. The topological polar surface area (TPSA) is 84.7 Å². The van der Waals surface area contributed by atoms with Gasteiger partial charge in [0.2, 0.25) is 11.8 Å². The van der Waals surface area contributed by atoms with Crippen molar-refractivity contribution in [2.75, 3.05) is 19.6 Å². The largest absolute Gasteiger partial charge is 0.508 e. The standard InChI is InChI=1S/C25H29N3O3/c1-17(29)27-12-10-18(11-13-27)16-28-23(26)15-25(2,24(28)31)21-5-3-4-20(14-21)19-6-8-22(30)9-7-19/h3-9,14,18,26,30H,10-13,15-16H2,1-2H3. The first kappa shape index (κ1) is 21.1. The number of amides is 2. The minimum Gasteiger partial charge on any atom is -0.508 e. The molecule has 1 unspecified atom stereocenters. The zero-order valence-corrected chi connectivity index (χ0v) is 18.1. The van der Waals surface area contributed by atoms with Gasteiger partial charge in [0.05, 0.1) is 5.41 Å². The Kier molecular flexibility index (Phi) is 5.56. The number of phenols is 1. The monoisotopic (exact) mass is 419 g/mol. The molecular formula is C25H29N3O3. The number of benzene rings is 2. The average molecular weight is 420 g/mol. The van der Waals surface area contributed by atoms with Gasteiger partial charge in [-0.05, 0) is 54.5 Å². The van der Waals surface area contributed by atoms with E-state index in [2.05, 4.69) is 0 Å². The van der Waals surface area contributed by atoms with Crippen molar-refractivity contribution >= 4 is 17.6 Å². The Hall–Kier alpha value is -3.15. The summed E-state index contributed by atoms with van der Waals surface area (Å²) in [7, 11) is 0. The van der Waals surface area contributed by atoms with Crippen LogP contribution >= 0.6 is 0 Å². The number of phenolic OH excluding ortho intramolecular Hbond substituents is 1.